The summed E-state index contributed by atoms with van der Waals surface area (Å²) < 4.78 is 0. The third-order valence-electron chi connectivity index (χ3n) is 5.90. The first kappa shape index (κ1) is 19.0. The van der Waals surface area contributed by atoms with Crippen molar-refractivity contribution in [3.63, 3.8) is 0 Å². The van der Waals surface area contributed by atoms with E-state index in [1.807, 2.05) is 18.2 Å². The molecule has 0 amide bonds. The van der Waals surface area contributed by atoms with Crippen LogP contribution in [-0.2, 0) is 5.41 Å². The van der Waals surface area contributed by atoms with Crippen molar-refractivity contribution in [3.8, 4) is 0 Å². The van der Waals surface area contributed by atoms with Crippen LogP contribution in [-0.4, -0.2) is 0 Å². The molecule has 0 bridgehead atoms. The molecule has 0 aliphatic heterocycles. The molecule has 0 saturated carbocycles. The van der Waals surface area contributed by atoms with Crippen LogP contribution in [0.2, 0.25) is 0 Å². The van der Waals surface area contributed by atoms with Gasteiger partial charge >= 0.3 is 0 Å². The number of nitrogens with two attached hydrogens (primary N) is 1. The third-order valence-corrected chi connectivity index (χ3v) is 5.90. The van der Waals surface area contributed by atoms with Crippen LogP contribution in [0.5, 0.6) is 0 Å². The zero-order valence-electron chi connectivity index (χ0n) is 16.6. The number of hydrogen-bond acceptors (Lipinski definition) is 1. The second kappa shape index (κ2) is 7.84. The highest BCUT2D eigenvalue weighted by molar-refractivity contribution is 5.66. The van der Waals surface area contributed by atoms with Gasteiger partial charge in [-0.2, -0.15) is 0 Å². The fourth-order valence-electron chi connectivity index (χ4n) is 4.11. The highest BCUT2D eigenvalue weighted by atomic mass is 14.5. The SMILES string of the molecule is C=C/C(=C\C)C1C=CC2=C(C1)[C@](C)(c1ccc(/C(C)=C/C=C\N)cc1)C=C2. The largest absolute Gasteiger partial charge is 0.405 e. The Morgan fingerprint density at radius 2 is 1.96 bits per heavy atom. The van der Waals surface area contributed by atoms with Gasteiger partial charge < -0.3 is 5.73 Å². The van der Waals surface area contributed by atoms with Crippen molar-refractivity contribution >= 4 is 5.57 Å². The maximum atomic E-state index is 5.44. The number of benzene rings is 1. The van der Waals surface area contributed by atoms with E-state index in [9.17, 15) is 0 Å². The Hall–Kier alpha value is -2.80. The van der Waals surface area contributed by atoms with Crippen LogP contribution in [0.25, 0.3) is 5.57 Å². The average Bonchev–Trinajstić information content (AvgIpc) is 3.05. The summed E-state index contributed by atoms with van der Waals surface area (Å²) >= 11 is 0. The minimum atomic E-state index is -0.0499. The predicted octanol–water partition coefficient (Wildman–Crippen LogP) is 6.39. The van der Waals surface area contributed by atoms with Crippen molar-refractivity contribution in [1.29, 1.82) is 0 Å². The monoisotopic (exact) mass is 355 g/mol. The number of rotatable bonds is 5. The molecule has 2 aliphatic carbocycles. The molecule has 2 aliphatic rings. The van der Waals surface area contributed by atoms with Crippen molar-refractivity contribution in [3.05, 3.63) is 113 Å². The first-order chi connectivity index (χ1) is 13.0. The van der Waals surface area contributed by atoms with Crippen molar-refractivity contribution in [2.24, 2.45) is 11.7 Å². The molecule has 2 atom stereocenters. The Balaban J connectivity index is 1.91. The number of hydrogen-bond donors (Lipinski definition) is 1. The highest BCUT2D eigenvalue weighted by Crippen LogP contribution is 2.47. The van der Waals surface area contributed by atoms with Gasteiger partial charge in [0.25, 0.3) is 0 Å². The van der Waals surface area contributed by atoms with Crippen molar-refractivity contribution in [2.45, 2.75) is 32.6 Å². The predicted molar refractivity (Wildman–Crippen MR) is 118 cm³/mol. The summed E-state index contributed by atoms with van der Waals surface area (Å²) in [5.74, 6) is 0.415. The molecule has 3 rings (SSSR count). The molecule has 0 radical (unpaired) electrons. The maximum Gasteiger partial charge on any atom is 0.0325 e. The summed E-state index contributed by atoms with van der Waals surface area (Å²) in [6.07, 6.45) is 19.9. The van der Waals surface area contributed by atoms with Crippen molar-refractivity contribution in [1.82, 2.24) is 0 Å². The molecule has 1 heteroatoms. The highest BCUT2D eigenvalue weighted by Gasteiger charge is 2.36. The van der Waals surface area contributed by atoms with Crippen LogP contribution < -0.4 is 5.73 Å². The van der Waals surface area contributed by atoms with Gasteiger partial charge in [0, 0.05) is 11.3 Å². The molecule has 0 saturated heterocycles. The Morgan fingerprint density at radius 3 is 2.59 bits per heavy atom. The summed E-state index contributed by atoms with van der Waals surface area (Å²) in [6, 6.07) is 8.94. The van der Waals surface area contributed by atoms with Crippen LogP contribution in [0.15, 0.2) is 102 Å². The van der Waals surface area contributed by atoms with E-state index in [0.29, 0.717) is 5.92 Å². The minimum Gasteiger partial charge on any atom is -0.405 e. The van der Waals surface area contributed by atoms with E-state index in [2.05, 4.69) is 82.0 Å². The van der Waals surface area contributed by atoms with Gasteiger partial charge in [0.15, 0.2) is 0 Å². The lowest BCUT2D eigenvalue weighted by atomic mass is 9.71. The van der Waals surface area contributed by atoms with E-state index in [0.717, 1.165) is 6.42 Å². The van der Waals surface area contributed by atoms with Gasteiger partial charge in [0.05, 0.1) is 0 Å². The molecular weight excluding hydrogens is 326 g/mol. The van der Waals surface area contributed by atoms with E-state index in [1.165, 1.54) is 33.4 Å². The van der Waals surface area contributed by atoms with Gasteiger partial charge in [0.2, 0.25) is 0 Å². The standard InChI is InChI=1S/C26H29N/c1-5-20(6-2)23-10-9-22-15-16-26(4,25(22)18-23)24-13-11-21(12-14-24)19(3)8-7-17-27/h5-17,23H,1,18,27H2,2-4H3/b17-7-,19-8+,20-6+/t23?,26-/m0/s1. The van der Waals surface area contributed by atoms with Crippen LogP contribution >= 0.6 is 0 Å². The Kier molecular flexibility index (Phi) is 5.51. The molecular formula is C26H29N. The Morgan fingerprint density at radius 1 is 1.22 bits per heavy atom. The maximum absolute atomic E-state index is 5.44. The second-order valence-corrected chi connectivity index (χ2v) is 7.44. The first-order valence-electron chi connectivity index (χ1n) is 9.59. The van der Waals surface area contributed by atoms with E-state index in [4.69, 9.17) is 5.73 Å². The average molecular weight is 356 g/mol. The fraction of sp³-hybridized carbons (Fsp3) is 0.231. The Bertz CT molecular complexity index is 900. The van der Waals surface area contributed by atoms with Crippen molar-refractivity contribution < 1.29 is 0 Å². The molecule has 27 heavy (non-hydrogen) atoms. The molecule has 1 unspecified atom stereocenters. The van der Waals surface area contributed by atoms with E-state index >= 15 is 0 Å². The summed E-state index contributed by atoms with van der Waals surface area (Å²) in [4.78, 5) is 0. The summed E-state index contributed by atoms with van der Waals surface area (Å²) in [7, 11) is 0. The molecule has 0 heterocycles. The van der Waals surface area contributed by atoms with Gasteiger partial charge in [-0.3, -0.25) is 0 Å². The molecule has 0 aromatic heterocycles. The lowest BCUT2D eigenvalue weighted by Gasteiger charge is -2.32. The molecule has 1 nitrogen and oxygen atoms in total. The first-order valence-corrected chi connectivity index (χ1v) is 9.59. The molecule has 138 valence electrons. The zero-order chi connectivity index (χ0) is 19.4. The van der Waals surface area contributed by atoms with Gasteiger partial charge in [-0.15, -0.1) is 0 Å². The molecule has 1 aromatic carbocycles. The van der Waals surface area contributed by atoms with Crippen LogP contribution in [0.1, 0.15) is 38.3 Å². The lowest BCUT2D eigenvalue weighted by molar-refractivity contribution is 0.619. The van der Waals surface area contributed by atoms with Crippen LogP contribution in [0, 0.1) is 5.92 Å². The molecule has 0 fully saturated rings. The van der Waals surface area contributed by atoms with Crippen LogP contribution in [0.4, 0.5) is 0 Å². The molecule has 2 N–H and O–H groups in total. The summed E-state index contributed by atoms with van der Waals surface area (Å²) in [5, 5.41) is 0. The van der Waals surface area contributed by atoms with Gasteiger partial charge in [-0.05, 0) is 72.9 Å². The quantitative estimate of drug-likeness (QED) is 0.608. The molecule has 0 spiro atoms. The lowest BCUT2D eigenvalue weighted by Crippen LogP contribution is -2.23. The fourth-order valence-corrected chi connectivity index (χ4v) is 4.11. The molecule has 1 aromatic rings. The zero-order valence-corrected chi connectivity index (χ0v) is 16.6. The Labute approximate surface area is 163 Å². The second-order valence-electron chi connectivity index (χ2n) is 7.44. The normalized spacial score (nSPS) is 25.4. The summed E-state index contributed by atoms with van der Waals surface area (Å²) in [5.41, 5.74) is 13.3. The van der Waals surface area contributed by atoms with E-state index in [-0.39, 0.29) is 5.41 Å². The van der Waals surface area contributed by atoms with E-state index in [1.54, 1.807) is 6.20 Å². The minimum absolute atomic E-state index is 0.0499. The van der Waals surface area contributed by atoms with Gasteiger partial charge in [0.1, 0.15) is 0 Å². The topological polar surface area (TPSA) is 26.0 Å². The van der Waals surface area contributed by atoms with Gasteiger partial charge in [-0.1, -0.05) is 73.4 Å². The number of allylic oxidation sites excluding steroid dienone is 12. The summed E-state index contributed by atoms with van der Waals surface area (Å²) in [6.45, 7) is 10.5. The van der Waals surface area contributed by atoms with Crippen molar-refractivity contribution in [2.75, 3.05) is 0 Å². The third kappa shape index (κ3) is 3.55. The smallest absolute Gasteiger partial charge is 0.0325 e. The van der Waals surface area contributed by atoms with E-state index < -0.39 is 0 Å². The van der Waals surface area contributed by atoms with Gasteiger partial charge in [-0.25, -0.2) is 0 Å². The van der Waals surface area contributed by atoms with Crippen LogP contribution in [0.3, 0.4) is 0 Å².